The van der Waals surface area contributed by atoms with Crippen molar-refractivity contribution in [1.82, 2.24) is 0 Å². The molecule has 0 aromatic heterocycles. The molecular weight excluding hydrogens is 340 g/mol. The fraction of sp³-hybridized carbons (Fsp3) is 1.00. The van der Waals surface area contributed by atoms with Gasteiger partial charge in [-0.15, -0.1) is 0 Å². The van der Waals surface area contributed by atoms with E-state index >= 15 is 0 Å². The van der Waals surface area contributed by atoms with E-state index in [0.717, 1.165) is 30.2 Å². The van der Waals surface area contributed by atoms with Crippen LogP contribution in [0.15, 0.2) is 0 Å². The summed E-state index contributed by atoms with van der Waals surface area (Å²) < 4.78 is 0. The Bertz CT molecular complexity index is 632. The van der Waals surface area contributed by atoms with E-state index < -0.39 is 0 Å². The van der Waals surface area contributed by atoms with Gasteiger partial charge in [-0.2, -0.15) is 0 Å². The second-order valence-corrected chi connectivity index (χ2v) is 12.8. The van der Waals surface area contributed by atoms with E-state index in [9.17, 15) is 0 Å². The number of fused-ring (bicyclic) bond motifs is 7. The van der Waals surface area contributed by atoms with Crippen LogP contribution in [-0.2, 0) is 0 Å². The van der Waals surface area contributed by atoms with Crippen LogP contribution in [0.4, 0.5) is 0 Å². The summed E-state index contributed by atoms with van der Waals surface area (Å²) in [4.78, 5) is 0. The van der Waals surface area contributed by atoms with Gasteiger partial charge in [0.1, 0.15) is 0 Å². The van der Waals surface area contributed by atoms with Crippen LogP contribution >= 0.6 is 0 Å². The molecule has 2 nitrogen and oxygen atoms in total. The van der Waals surface area contributed by atoms with Crippen LogP contribution in [0.1, 0.15) is 98.3 Å². The lowest BCUT2D eigenvalue weighted by Crippen LogP contribution is -2.65. The van der Waals surface area contributed by atoms with Crippen LogP contribution in [0.3, 0.4) is 0 Å². The molecule has 0 bridgehead atoms. The van der Waals surface area contributed by atoms with Crippen molar-refractivity contribution in [3.63, 3.8) is 0 Å². The molecular formula is C26H46N2. The topological polar surface area (TPSA) is 52.0 Å². The molecule has 5 rings (SSSR count). The summed E-state index contributed by atoms with van der Waals surface area (Å²) >= 11 is 0. The first-order valence-corrected chi connectivity index (χ1v) is 12.7. The minimum atomic E-state index is 0.438. The Hall–Kier alpha value is -0.0800. The fourth-order valence-electron chi connectivity index (χ4n) is 10.7. The molecule has 5 aliphatic carbocycles. The monoisotopic (exact) mass is 386 g/mol. The standard InChI is InChI=1S/C26H46N2/c1-17-18-9-13-25(4)22(23(18,2)12-10-21(17)28)8-7-19-20-6-5-11-26(20,16-27)15-14-24(19,25)3/h17-22H,5-16,27-28H2,1-4H3/t17?,18?,19?,20?,21?,22?,23?,24-,25?,26?/m1/s1. The van der Waals surface area contributed by atoms with Gasteiger partial charge in [0, 0.05) is 6.04 Å². The van der Waals surface area contributed by atoms with E-state index in [-0.39, 0.29) is 0 Å². The van der Waals surface area contributed by atoms with Crippen molar-refractivity contribution in [2.45, 2.75) is 104 Å². The summed E-state index contributed by atoms with van der Waals surface area (Å²) in [6.07, 6.45) is 15.6. The zero-order chi connectivity index (χ0) is 19.9. The molecule has 0 radical (unpaired) electrons. The summed E-state index contributed by atoms with van der Waals surface area (Å²) in [7, 11) is 0. The largest absolute Gasteiger partial charge is 0.330 e. The van der Waals surface area contributed by atoms with E-state index in [1.165, 1.54) is 70.6 Å². The van der Waals surface area contributed by atoms with Crippen LogP contribution < -0.4 is 11.5 Å². The summed E-state index contributed by atoms with van der Waals surface area (Å²) in [5.41, 5.74) is 15.1. The predicted octanol–water partition coefficient (Wildman–Crippen LogP) is 5.74. The van der Waals surface area contributed by atoms with E-state index in [1.54, 1.807) is 0 Å². The van der Waals surface area contributed by atoms with Crippen molar-refractivity contribution in [2.24, 2.45) is 62.7 Å². The number of rotatable bonds is 1. The number of hydrogen-bond acceptors (Lipinski definition) is 2. The predicted molar refractivity (Wildman–Crippen MR) is 118 cm³/mol. The summed E-state index contributed by atoms with van der Waals surface area (Å²) in [5.74, 6) is 4.31. The van der Waals surface area contributed by atoms with Gasteiger partial charge in [0.05, 0.1) is 0 Å². The molecule has 0 saturated heterocycles. The highest BCUT2D eigenvalue weighted by atomic mass is 14.8. The maximum absolute atomic E-state index is 6.55. The van der Waals surface area contributed by atoms with E-state index in [0.29, 0.717) is 33.6 Å². The Labute approximate surface area is 174 Å². The van der Waals surface area contributed by atoms with Crippen LogP contribution in [0.2, 0.25) is 0 Å². The molecule has 10 atom stereocenters. The lowest BCUT2D eigenvalue weighted by Gasteiger charge is -2.71. The minimum absolute atomic E-state index is 0.438. The van der Waals surface area contributed by atoms with E-state index in [4.69, 9.17) is 11.5 Å². The van der Waals surface area contributed by atoms with Gasteiger partial charge in [0.15, 0.2) is 0 Å². The van der Waals surface area contributed by atoms with Crippen molar-refractivity contribution in [3.8, 4) is 0 Å². The second kappa shape index (κ2) is 6.22. The average Bonchev–Trinajstić information content (AvgIpc) is 3.10. The van der Waals surface area contributed by atoms with Gasteiger partial charge in [0.25, 0.3) is 0 Å². The molecule has 9 unspecified atom stereocenters. The van der Waals surface area contributed by atoms with Gasteiger partial charge < -0.3 is 11.5 Å². The average molecular weight is 387 g/mol. The van der Waals surface area contributed by atoms with E-state index in [2.05, 4.69) is 27.7 Å². The molecule has 5 aliphatic rings. The van der Waals surface area contributed by atoms with Crippen molar-refractivity contribution < 1.29 is 0 Å². The van der Waals surface area contributed by atoms with Gasteiger partial charge in [-0.05, 0) is 122 Å². The first kappa shape index (κ1) is 19.9. The third-order valence-corrected chi connectivity index (χ3v) is 12.6. The van der Waals surface area contributed by atoms with Crippen molar-refractivity contribution in [2.75, 3.05) is 6.54 Å². The Morgan fingerprint density at radius 3 is 2.29 bits per heavy atom. The Kier molecular flexibility index (Phi) is 4.41. The lowest BCUT2D eigenvalue weighted by molar-refractivity contribution is -0.226. The van der Waals surface area contributed by atoms with Crippen LogP contribution in [0.25, 0.3) is 0 Å². The van der Waals surface area contributed by atoms with Crippen LogP contribution in [0.5, 0.6) is 0 Å². The fourth-order valence-corrected chi connectivity index (χ4v) is 10.7. The maximum atomic E-state index is 6.55. The normalized spacial score (nSPS) is 61.1. The molecule has 28 heavy (non-hydrogen) atoms. The highest BCUT2D eigenvalue weighted by Crippen LogP contribution is 2.75. The molecule has 0 amide bonds. The molecule has 0 aromatic rings. The van der Waals surface area contributed by atoms with Gasteiger partial charge >= 0.3 is 0 Å². The maximum Gasteiger partial charge on any atom is 0.00675 e. The van der Waals surface area contributed by atoms with Crippen LogP contribution in [0, 0.1) is 51.2 Å². The van der Waals surface area contributed by atoms with Crippen molar-refractivity contribution in [1.29, 1.82) is 0 Å². The summed E-state index contributed by atoms with van der Waals surface area (Å²) in [6.45, 7) is 11.6. The Balaban J connectivity index is 1.51. The quantitative estimate of drug-likeness (QED) is 0.604. The third kappa shape index (κ3) is 2.23. The van der Waals surface area contributed by atoms with Gasteiger partial charge in [-0.1, -0.05) is 34.1 Å². The molecule has 4 N–H and O–H groups in total. The molecule has 160 valence electrons. The molecule has 2 heteroatoms. The van der Waals surface area contributed by atoms with Gasteiger partial charge in [-0.3, -0.25) is 0 Å². The van der Waals surface area contributed by atoms with Crippen LogP contribution in [-0.4, -0.2) is 12.6 Å². The molecule has 5 saturated carbocycles. The SMILES string of the molecule is CC1C(N)CCC2(C)C1CCC1(C)C2CCC2C3CCCC3(CN)CC[C@]21C. The van der Waals surface area contributed by atoms with Crippen molar-refractivity contribution in [3.05, 3.63) is 0 Å². The first-order valence-electron chi connectivity index (χ1n) is 12.7. The van der Waals surface area contributed by atoms with Gasteiger partial charge in [0.2, 0.25) is 0 Å². The molecule has 0 aliphatic heterocycles. The molecule has 0 spiro atoms. The Morgan fingerprint density at radius 1 is 0.750 bits per heavy atom. The van der Waals surface area contributed by atoms with Crippen molar-refractivity contribution >= 4 is 0 Å². The van der Waals surface area contributed by atoms with Gasteiger partial charge in [-0.25, -0.2) is 0 Å². The smallest absolute Gasteiger partial charge is 0.00675 e. The number of nitrogens with two attached hydrogens (primary N) is 2. The molecule has 0 aromatic carbocycles. The third-order valence-electron chi connectivity index (χ3n) is 12.6. The first-order chi connectivity index (χ1) is 13.2. The molecule has 0 heterocycles. The summed E-state index contributed by atoms with van der Waals surface area (Å²) in [6, 6.07) is 0.438. The lowest BCUT2D eigenvalue weighted by atomic mass is 9.33. The second-order valence-electron chi connectivity index (χ2n) is 12.8. The highest BCUT2D eigenvalue weighted by molar-refractivity contribution is 5.17. The minimum Gasteiger partial charge on any atom is -0.330 e. The number of hydrogen-bond donors (Lipinski definition) is 2. The zero-order valence-corrected chi connectivity index (χ0v) is 19.1. The highest BCUT2D eigenvalue weighted by Gasteiger charge is 2.68. The summed E-state index contributed by atoms with van der Waals surface area (Å²) in [5, 5.41) is 0. The Morgan fingerprint density at radius 2 is 1.54 bits per heavy atom. The molecule has 5 fully saturated rings. The zero-order valence-electron chi connectivity index (χ0n) is 19.1. The van der Waals surface area contributed by atoms with E-state index in [1.807, 2.05) is 0 Å².